The molecule has 0 aliphatic carbocycles. The molecule has 1 atom stereocenters. The summed E-state index contributed by atoms with van der Waals surface area (Å²) < 4.78 is 1.75. The number of hydrogen-bond acceptors (Lipinski definition) is 4. The lowest BCUT2D eigenvalue weighted by molar-refractivity contribution is -0.125. The van der Waals surface area contributed by atoms with Gasteiger partial charge in [-0.2, -0.15) is 5.10 Å². The van der Waals surface area contributed by atoms with E-state index in [1.54, 1.807) is 4.68 Å². The number of primary amides is 1. The third-order valence-corrected chi connectivity index (χ3v) is 5.60. The maximum atomic E-state index is 12.8. The van der Waals surface area contributed by atoms with E-state index in [2.05, 4.69) is 5.32 Å². The van der Waals surface area contributed by atoms with Crippen molar-refractivity contribution in [2.24, 2.45) is 11.7 Å². The van der Waals surface area contributed by atoms with Gasteiger partial charge in [-0.15, -0.1) is 0 Å². The van der Waals surface area contributed by atoms with Crippen molar-refractivity contribution in [1.29, 1.82) is 0 Å². The monoisotopic (exact) mass is 417 g/mol. The van der Waals surface area contributed by atoms with Gasteiger partial charge in [0, 0.05) is 18.2 Å². The number of aryl methyl sites for hydroxylation is 1. The quantitative estimate of drug-likeness (QED) is 0.645. The number of anilines is 1. The van der Waals surface area contributed by atoms with E-state index >= 15 is 0 Å². The van der Waals surface area contributed by atoms with Gasteiger partial charge in [0.2, 0.25) is 11.8 Å². The lowest BCUT2D eigenvalue weighted by Gasteiger charge is -2.30. The number of benzene rings is 2. The van der Waals surface area contributed by atoms with E-state index in [4.69, 9.17) is 10.8 Å². The van der Waals surface area contributed by atoms with Crippen molar-refractivity contribution >= 4 is 17.6 Å². The van der Waals surface area contributed by atoms with Gasteiger partial charge in [-0.1, -0.05) is 48.0 Å². The Morgan fingerprint density at radius 1 is 1.13 bits per heavy atom. The Labute approximate surface area is 181 Å². The van der Waals surface area contributed by atoms with Crippen molar-refractivity contribution < 1.29 is 9.59 Å². The number of nitrogens with zero attached hydrogens (tertiary/aromatic N) is 3. The van der Waals surface area contributed by atoms with Gasteiger partial charge in [0.1, 0.15) is 5.82 Å². The summed E-state index contributed by atoms with van der Waals surface area (Å²) in [6, 6.07) is 19.7. The maximum Gasteiger partial charge on any atom is 0.239 e. The fourth-order valence-electron chi connectivity index (χ4n) is 3.92. The Bertz CT molecular complexity index is 1060. The highest BCUT2D eigenvalue weighted by Gasteiger charge is 2.25. The lowest BCUT2D eigenvalue weighted by atomic mass is 9.97. The number of likely N-dealkylation sites (tertiary alicyclic amines) is 1. The number of hydrogen-bond donors (Lipinski definition) is 2. The van der Waals surface area contributed by atoms with Crippen LogP contribution in [0.25, 0.3) is 16.9 Å². The highest BCUT2D eigenvalue weighted by atomic mass is 16.2. The first-order valence-corrected chi connectivity index (χ1v) is 10.5. The Morgan fingerprint density at radius 3 is 2.58 bits per heavy atom. The van der Waals surface area contributed by atoms with Crippen LogP contribution in [0.5, 0.6) is 0 Å². The predicted octanol–water partition coefficient (Wildman–Crippen LogP) is 2.98. The Kier molecular flexibility index (Phi) is 6.13. The van der Waals surface area contributed by atoms with E-state index in [0.29, 0.717) is 12.4 Å². The zero-order chi connectivity index (χ0) is 21.8. The normalized spacial score (nSPS) is 16.7. The van der Waals surface area contributed by atoms with Gasteiger partial charge in [-0.05, 0) is 38.4 Å². The highest BCUT2D eigenvalue weighted by Crippen LogP contribution is 2.25. The van der Waals surface area contributed by atoms with Crippen LogP contribution in [0.1, 0.15) is 18.4 Å². The summed E-state index contributed by atoms with van der Waals surface area (Å²) in [5.74, 6) is -0.0209. The second-order valence-corrected chi connectivity index (χ2v) is 8.05. The molecule has 0 saturated carbocycles. The average Bonchev–Trinajstić information content (AvgIpc) is 3.18. The zero-order valence-electron chi connectivity index (χ0n) is 17.6. The minimum Gasteiger partial charge on any atom is -0.369 e. The van der Waals surface area contributed by atoms with Crippen molar-refractivity contribution in [3.63, 3.8) is 0 Å². The molecular formula is C24H27N5O2. The summed E-state index contributed by atoms with van der Waals surface area (Å²) in [6.45, 7) is 3.56. The van der Waals surface area contributed by atoms with E-state index in [9.17, 15) is 9.59 Å². The van der Waals surface area contributed by atoms with Crippen molar-refractivity contribution in [3.8, 4) is 16.9 Å². The van der Waals surface area contributed by atoms with Gasteiger partial charge in [0.15, 0.2) is 0 Å². The Balaban J connectivity index is 1.55. The number of nitrogens with one attached hydrogen (secondary N) is 1. The van der Waals surface area contributed by atoms with Crippen LogP contribution in [0.3, 0.4) is 0 Å². The van der Waals surface area contributed by atoms with E-state index in [1.807, 2.05) is 72.5 Å². The summed E-state index contributed by atoms with van der Waals surface area (Å²) in [5.41, 5.74) is 9.26. The molecule has 1 aromatic heterocycles. The van der Waals surface area contributed by atoms with Crippen LogP contribution in [0, 0.1) is 12.8 Å². The van der Waals surface area contributed by atoms with Crippen LogP contribution < -0.4 is 11.1 Å². The van der Waals surface area contributed by atoms with E-state index < -0.39 is 0 Å². The first-order valence-electron chi connectivity index (χ1n) is 10.5. The molecule has 7 heteroatoms. The molecule has 0 radical (unpaired) electrons. The molecule has 0 spiro atoms. The Morgan fingerprint density at radius 2 is 1.87 bits per heavy atom. The minimum absolute atomic E-state index is 0.141. The molecule has 1 aliphatic rings. The maximum absolute atomic E-state index is 12.8. The molecule has 2 aromatic carbocycles. The highest BCUT2D eigenvalue weighted by molar-refractivity contribution is 5.92. The number of carbonyl (C=O) groups is 2. The molecule has 31 heavy (non-hydrogen) atoms. The number of para-hydroxylation sites is 1. The molecule has 0 unspecified atom stereocenters. The second-order valence-electron chi connectivity index (χ2n) is 8.05. The van der Waals surface area contributed by atoms with Gasteiger partial charge in [0.25, 0.3) is 0 Å². The fraction of sp³-hybridized carbons (Fsp3) is 0.292. The first-order chi connectivity index (χ1) is 15.0. The molecule has 160 valence electrons. The van der Waals surface area contributed by atoms with Crippen molar-refractivity contribution in [2.45, 2.75) is 19.8 Å². The summed E-state index contributed by atoms with van der Waals surface area (Å²) in [6.07, 6.45) is 1.65. The SMILES string of the molecule is Cc1ccc(-c2cc(NC(=O)CN3CCC[C@@H](C(N)=O)C3)n(-c3ccccc3)n2)cc1. The number of carbonyl (C=O) groups excluding carboxylic acids is 2. The van der Waals surface area contributed by atoms with Gasteiger partial charge in [0.05, 0.1) is 23.8 Å². The van der Waals surface area contributed by atoms with E-state index in [0.717, 1.165) is 36.3 Å². The number of amides is 2. The standard InChI is InChI=1S/C24H27N5O2/c1-17-9-11-18(12-10-17)21-14-22(29(27-21)20-7-3-2-4-8-20)26-23(30)16-28-13-5-6-19(15-28)24(25)31/h2-4,7-12,14,19H,5-6,13,15-16H2,1H3,(H2,25,31)(H,26,30)/t19-/m1/s1. The molecule has 3 N–H and O–H groups in total. The van der Waals surface area contributed by atoms with Gasteiger partial charge in [-0.25, -0.2) is 4.68 Å². The first kappa shape index (κ1) is 20.8. The van der Waals surface area contributed by atoms with Crippen LogP contribution in [0.4, 0.5) is 5.82 Å². The largest absolute Gasteiger partial charge is 0.369 e. The number of piperidine rings is 1. The Hall–Kier alpha value is -3.45. The van der Waals surface area contributed by atoms with Crippen LogP contribution in [-0.2, 0) is 9.59 Å². The van der Waals surface area contributed by atoms with Crippen LogP contribution >= 0.6 is 0 Å². The lowest BCUT2D eigenvalue weighted by Crippen LogP contribution is -2.44. The van der Waals surface area contributed by atoms with Crippen LogP contribution in [0.15, 0.2) is 60.7 Å². The molecule has 0 bridgehead atoms. The molecular weight excluding hydrogens is 390 g/mol. The number of aromatic nitrogens is 2. The molecule has 1 fully saturated rings. The van der Waals surface area contributed by atoms with Crippen molar-refractivity contribution in [1.82, 2.24) is 14.7 Å². The fourth-order valence-corrected chi connectivity index (χ4v) is 3.92. The van der Waals surface area contributed by atoms with Gasteiger partial charge < -0.3 is 11.1 Å². The number of nitrogens with two attached hydrogens (primary N) is 1. The van der Waals surface area contributed by atoms with Crippen molar-refractivity contribution in [2.75, 3.05) is 25.0 Å². The molecule has 4 rings (SSSR count). The predicted molar refractivity (Wildman–Crippen MR) is 121 cm³/mol. The van der Waals surface area contributed by atoms with Gasteiger partial charge >= 0.3 is 0 Å². The van der Waals surface area contributed by atoms with Gasteiger partial charge in [-0.3, -0.25) is 14.5 Å². The average molecular weight is 418 g/mol. The third kappa shape index (κ3) is 5.00. The summed E-state index contributed by atoms with van der Waals surface area (Å²) in [7, 11) is 0. The third-order valence-electron chi connectivity index (χ3n) is 5.60. The van der Waals surface area contributed by atoms with E-state index in [-0.39, 0.29) is 24.3 Å². The van der Waals surface area contributed by atoms with E-state index in [1.165, 1.54) is 5.56 Å². The zero-order valence-corrected chi connectivity index (χ0v) is 17.6. The number of rotatable bonds is 6. The van der Waals surface area contributed by atoms with Crippen molar-refractivity contribution in [3.05, 3.63) is 66.2 Å². The topological polar surface area (TPSA) is 93.3 Å². The summed E-state index contributed by atoms with van der Waals surface area (Å²) in [4.78, 5) is 26.3. The smallest absolute Gasteiger partial charge is 0.239 e. The molecule has 1 saturated heterocycles. The minimum atomic E-state index is -0.296. The molecule has 7 nitrogen and oxygen atoms in total. The summed E-state index contributed by atoms with van der Waals surface area (Å²) in [5, 5.41) is 7.75. The summed E-state index contributed by atoms with van der Waals surface area (Å²) >= 11 is 0. The van der Waals surface area contributed by atoms with Crippen LogP contribution in [0.2, 0.25) is 0 Å². The molecule has 2 amide bonds. The molecule has 1 aliphatic heterocycles. The van der Waals surface area contributed by atoms with Crippen LogP contribution in [-0.4, -0.2) is 46.1 Å². The molecule has 2 heterocycles. The second kappa shape index (κ2) is 9.14. The molecule has 3 aromatic rings.